The summed E-state index contributed by atoms with van der Waals surface area (Å²) in [6.45, 7) is 5.57. The molecule has 1 aliphatic rings. The molecule has 3 aromatic rings. The first kappa shape index (κ1) is 21.8. The Hall–Kier alpha value is -2.37. The number of ether oxygens (including phenoxy) is 1. The number of benzene rings is 1. The van der Waals surface area contributed by atoms with Crippen LogP contribution in [0.3, 0.4) is 0 Å². The number of fused-ring (bicyclic) bond motifs is 1. The van der Waals surface area contributed by atoms with E-state index in [9.17, 15) is 13.2 Å². The van der Waals surface area contributed by atoms with Gasteiger partial charge in [0.1, 0.15) is 12.4 Å². The lowest BCUT2D eigenvalue weighted by Crippen LogP contribution is -2.35. The van der Waals surface area contributed by atoms with E-state index in [1.54, 1.807) is 22.5 Å². The number of nitrogens with zero attached hydrogens (tertiary/aromatic N) is 5. The molecule has 1 fully saturated rings. The number of carbonyl (C=O) groups excluding carboxylic acids is 1. The second-order valence-electron chi connectivity index (χ2n) is 7.37. The Morgan fingerprint density at radius 2 is 1.97 bits per heavy atom. The van der Waals surface area contributed by atoms with Gasteiger partial charge >= 0.3 is 5.97 Å². The maximum atomic E-state index is 13.0. The smallest absolute Gasteiger partial charge is 0.352 e. The Morgan fingerprint density at radius 3 is 2.68 bits per heavy atom. The Bertz CT molecular complexity index is 1200. The van der Waals surface area contributed by atoms with E-state index in [4.69, 9.17) is 4.74 Å². The summed E-state index contributed by atoms with van der Waals surface area (Å²) in [5.74, 6) is 0.0869. The van der Waals surface area contributed by atoms with Crippen LogP contribution in [0.25, 0.3) is 11.0 Å². The molecule has 4 rings (SSSR count). The topological polar surface area (TPSA) is 107 Å². The molecule has 9 nitrogen and oxygen atoms in total. The van der Waals surface area contributed by atoms with Crippen LogP contribution in [-0.2, 0) is 34.3 Å². The number of hydrogen-bond donors (Lipinski definition) is 0. The second kappa shape index (κ2) is 9.01. The number of hydrogen-bond acceptors (Lipinski definition) is 8. The predicted octanol–water partition coefficient (Wildman–Crippen LogP) is 3.00. The first-order valence-electron chi connectivity index (χ1n) is 10.4. The lowest BCUT2D eigenvalue weighted by molar-refractivity contribution is 0.0463. The lowest BCUT2D eigenvalue weighted by Gasteiger charge is -2.25. The molecule has 1 aromatic carbocycles. The fraction of sp³-hybridized carbons (Fsp3) is 0.500. The molecule has 3 heterocycles. The third-order valence-electron chi connectivity index (χ3n) is 5.48. The first-order chi connectivity index (χ1) is 15.0. The zero-order valence-corrected chi connectivity index (χ0v) is 19.2. The van der Waals surface area contributed by atoms with Crippen molar-refractivity contribution in [3.05, 3.63) is 34.6 Å². The first-order valence-corrected chi connectivity index (χ1v) is 12.6. The van der Waals surface area contributed by atoms with Gasteiger partial charge in [0.25, 0.3) is 0 Å². The van der Waals surface area contributed by atoms with Crippen molar-refractivity contribution >= 4 is 38.6 Å². The van der Waals surface area contributed by atoms with E-state index in [-0.39, 0.29) is 11.5 Å². The molecule has 1 saturated heterocycles. The van der Waals surface area contributed by atoms with Gasteiger partial charge in [-0.2, -0.15) is 4.31 Å². The molecule has 31 heavy (non-hydrogen) atoms. The third-order valence-corrected chi connectivity index (χ3v) is 8.12. The number of carbonyl (C=O) groups is 1. The maximum Gasteiger partial charge on any atom is 0.352 e. The average molecular weight is 464 g/mol. The van der Waals surface area contributed by atoms with E-state index >= 15 is 0 Å². The molecule has 0 spiro atoms. The van der Waals surface area contributed by atoms with E-state index in [1.807, 2.05) is 18.4 Å². The number of piperidine rings is 1. The quantitative estimate of drug-likeness (QED) is 0.496. The van der Waals surface area contributed by atoms with Crippen molar-refractivity contribution in [2.45, 2.75) is 57.6 Å². The van der Waals surface area contributed by atoms with Crippen LogP contribution in [-0.4, -0.2) is 50.9 Å². The largest absolute Gasteiger partial charge is 0.453 e. The molecule has 1 aliphatic heterocycles. The minimum absolute atomic E-state index is 0.0172. The van der Waals surface area contributed by atoms with Crippen LogP contribution in [0, 0.1) is 0 Å². The fourth-order valence-corrected chi connectivity index (χ4v) is 6.01. The maximum absolute atomic E-state index is 13.0. The number of esters is 1. The SMILES string of the molecule is CCc1nnsc1C(=O)OCc1nc2cc(S(=O)(=O)N3CCCCC3)ccc2n1CC. The predicted molar refractivity (Wildman–Crippen MR) is 116 cm³/mol. The highest BCUT2D eigenvalue weighted by Gasteiger charge is 2.27. The van der Waals surface area contributed by atoms with Crippen molar-refractivity contribution < 1.29 is 17.9 Å². The second-order valence-corrected chi connectivity index (χ2v) is 10.1. The van der Waals surface area contributed by atoms with Crippen molar-refractivity contribution in [3.63, 3.8) is 0 Å². The summed E-state index contributed by atoms with van der Waals surface area (Å²) in [5.41, 5.74) is 1.99. The lowest BCUT2D eigenvalue weighted by atomic mass is 10.2. The Balaban J connectivity index is 1.59. The zero-order valence-electron chi connectivity index (χ0n) is 17.6. The Morgan fingerprint density at radius 1 is 1.19 bits per heavy atom. The molecule has 0 bridgehead atoms. The molecule has 0 radical (unpaired) electrons. The molecular weight excluding hydrogens is 438 g/mol. The molecule has 2 aromatic heterocycles. The van der Waals surface area contributed by atoms with Crippen molar-refractivity contribution in [3.8, 4) is 0 Å². The summed E-state index contributed by atoms with van der Waals surface area (Å²) in [7, 11) is -3.54. The third kappa shape index (κ3) is 4.21. The number of aromatic nitrogens is 4. The van der Waals surface area contributed by atoms with Crippen molar-refractivity contribution in [2.24, 2.45) is 0 Å². The van der Waals surface area contributed by atoms with Gasteiger partial charge in [-0.15, -0.1) is 5.10 Å². The van der Waals surface area contributed by atoms with Crippen LogP contribution in [0.2, 0.25) is 0 Å². The molecular formula is C20H25N5O4S2. The molecule has 166 valence electrons. The van der Waals surface area contributed by atoms with Crippen LogP contribution in [0.4, 0.5) is 0 Å². The van der Waals surface area contributed by atoms with Crippen LogP contribution in [0.15, 0.2) is 23.1 Å². The summed E-state index contributed by atoms with van der Waals surface area (Å²) in [4.78, 5) is 17.6. The molecule has 0 N–H and O–H groups in total. The minimum atomic E-state index is -3.54. The summed E-state index contributed by atoms with van der Waals surface area (Å²) >= 11 is 1.02. The molecule has 0 atom stereocenters. The normalized spacial score (nSPS) is 15.4. The van der Waals surface area contributed by atoms with Gasteiger partial charge in [-0.25, -0.2) is 18.2 Å². The van der Waals surface area contributed by atoms with Crippen molar-refractivity contribution in [1.82, 2.24) is 23.4 Å². The standard InChI is InChI=1S/C20H25N5O4S2/c1-3-15-19(30-23-22-15)20(26)29-13-18-21-16-12-14(8-9-17(16)25(18)4-2)31(27,28)24-10-6-5-7-11-24/h8-9,12H,3-7,10-11,13H2,1-2H3. The van der Waals surface area contributed by atoms with E-state index in [0.29, 0.717) is 48.0 Å². The van der Waals surface area contributed by atoms with E-state index in [2.05, 4.69) is 14.6 Å². The van der Waals surface area contributed by atoms with Crippen molar-refractivity contribution in [1.29, 1.82) is 0 Å². The number of rotatable bonds is 7. The van der Waals surface area contributed by atoms with Crippen LogP contribution < -0.4 is 0 Å². The molecule has 0 unspecified atom stereocenters. The number of sulfonamides is 1. The molecule has 0 amide bonds. The van der Waals surface area contributed by atoms with Gasteiger partial charge in [0.15, 0.2) is 4.88 Å². The van der Waals surface area contributed by atoms with Crippen LogP contribution in [0.5, 0.6) is 0 Å². The highest BCUT2D eigenvalue weighted by Crippen LogP contribution is 2.25. The molecule has 0 saturated carbocycles. The summed E-state index contributed by atoms with van der Waals surface area (Å²) in [6.07, 6.45) is 3.43. The molecule has 0 aliphatic carbocycles. The molecule has 11 heteroatoms. The summed E-state index contributed by atoms with van der Waals surface area (Å²) in [6, 6.07) is 5.02. The summed E-state index contributed by atoms with van der Waals surface area (Å²) < 4.78 is 38.8. The van der Waals surface area contributed by atoms with Gasteiger partial charge in [0, 0.05) is 19.6 Å². The highest BCUT2D eigenvalue weighted by atomic mass is 32.2. The minimum Gasteiger partial charge on any atom is -0.453 e. The van der Waals surface area contributed by atoms with Gasteiger partial charge in [-0.1, -0.05) is 17.8 Å². The number of aryl methyl sites for hydroxylation is 2. The van der Waals surface area contributed by atoms with E-state index in [1.165, 1.54) is 0 Å². The van der Waals surface area contributed by atoms with Gasteiger partial charge in [-0.05, 0) is 55.9 Å². The Kier molecular flexibility index (Phi) is 6.35. The van der Waals surface area contributed by atoms with Gasteiger partial charge in [0.05, 0.1) is 21.6 Å². The van der Waals surface area contributed by atoms with Crippen molar-refractivity contribution in [2.75, 3.05) is 13.1 Å². The Labute approximate surface area is 185 Å². The van der Waals surface area contributed by atoms with Gasteiger partial charge < -0.3 is 9.30 Å². The zero-order chi connectivity index (χ0) is 22.0. The monoisotopic (exact) mass is 463 g/mol. The average Bonchev–Trinajstić information content (AvgIpc) is 3.41. The van der Waals surface area contributed by atoms with Crippen LogP contribution >= 0.6 is 11.5 Å². The van der Waals surface area contributed by atoms with Gasteiger partial charge in [0.2, 0.25) is 10.0 Å². The summed E-state index contributed by atoms with van der Waals surface area (Å²) in [5, 5.41) is 3.94. The van der Waals surface area contributed by atoms with E-state index < -0.39 is 16.0 Å². The van der Waals surface area contributed by atoms with Crippen LogP contribution in [0.1, 0.15) is 54.3 Å². The number of imidazole rings is 1. The van der Waals surface area contributed by atoms with Gasteiger partial charge in [-0.3, -0.25) is 0 Å². The highest BCUT2D eigenvalue weighted by molar-refractivity contribution is 7.89. The van der Waals surface area contributed by atoms with E-state index in [0.717, 1.165) is 36.3 Å². The fourth-order valence-electron chi connectivity index (χ4n) is 3.83.